The lowest BCUT2D eigenvalue weighted by Gasteiger charge is -2.28. The zero-order valence-corrected chi connectivity index (χ0v) is 29.4. The van der Waals surface area contributed by atoms with E-state index >= 15 is 0 Å². The largest absolute Gasteiger partial charge is 0.310 e. The Bertz CT molecular complexity index is 2920. The van der Waals surface area contributed by atoms with Gasteiger partial charge in [-0.1, -0.05) is 140 Å². The number of rotatable bonds is 7. The highest BCUT2D eigenvalue weighted by molar-refractivity contribution is 6.11. The van der Waals surface area contributed by atoms with Gasteiger partial charge in [0, 0.05) is 44.5 Å². The lowest BCUT2D eigenvalue weighted by Crippen LogP contribution is -2.11. The first kappa shape index (κ1) is 31.4. The molecule has 0 saturated carbocycles. The molecule has 10 aromatic rings. The number of aromatic nitrogens is 3. The minimum Gasteiger partial charge on any atom is -0.310 e. The second-order valence-corrected chi connectivity index (χ2v) is 13.4. The number of para-hydroxylation sites is 5. The maximum Gasteiger partial charge on any atom is 0.0973 e. The Morgan fingerprint density at radius 3 is 1.59 bits per heavy atom. The summed E-state index contributed by atoms with van der Waals surface area (Å²) in [4.78, 5) is 12.7. The van der Waals surface area contributed by atoms with Crippen molar-refractivity contribution in [3.05, 3.63) is 206 Å². The summed E-state index contributed by atoms with van der Waals surface area (Å²) in [5.74, 6) is 0. The molecular weight excluding hydrogens is 657 g/mol. The fraction of sp³-hybridized carbons (Fsp3) is 0. The quantitative estimate of drug-likeness (QED) is 0.167. The van der Waals surface area contributed by atoms with Crippen molar-refractivity contribution in [2.24, 2.45) is 0 Å². The summed E-state index contributed by atoms with van der Waals surface area (Å²) in [5, 5.41) is 2.41. The van der Waals surface area contributed by atoms with E-state index in [9.17, 15) is 0 Å². The van der Waals surface area contributed by atoms with Gasteiger partial charge < -0.3 is 9.47 Å². The Kier molecular flexibility index (Phi) is 7.77. The van der Waals surface area contributed by atoms with E-state index < -0.39 is 0 Å². The van der Waals surface area contributed by atoms with Gasteiger partial charge in [0.15, 0.2) is 0 Å². The van der Waals surface area contributed by atoms with Crippen molar-refractivity contribution in [3.8, 4) is 39.3 Å². The smallest absolute Gasteiger partial charge is 0.0973 e. The third-order valence-corrected chi connectivity index (χ3v) is 10.2. The highest BCUT2D eigenvalue weighted by Crippen LogP contribution is 2.44. The molecule has 0 amide bonds. The van der Waals surface area contributed by atoms with E-state index in [0.29, 0.717) is 0 Å². The van der Waals surface area contributed by atoms with Crippen molar-refractivity contribution in [1.29, 1.82) is 0 Å². The van der Waals surface area contributed by atoms with E-state index in [2.05, 4.69) is 185 Å². The van der Waals surface area contributed by atoms with Crippen molar-refractivity contribution in [2.75, 3.05) is 4.90 Å². The molecule has 0 atom stereocenters. The molecule has 10 rings (SSSR count). The second-order valence-electron chi connectivity index (χ2n) is 13.4. The molecule has 2 aromatic heterocycles. The first-order valence-electron chi connectivity index (χ1n) is 18.3. The summed E-state index contributed by atoms with van der Waals surface area (Å²) < 4.78 is 2.36. The highest BCUT2D eigenvalue weighted by Gasteiger charge is 2.21. The normalized spacial score (nSPS) is 11.3. The van der Waals surface area contributed by atoms with Crippen molar-refractivity contribution >= 4 is 49.9 Å². The zero-order valence-electron chi connectivity index (χ0n) is 29.4. The predicted octanol–water partition coefficient (Wildman–Crippen LogP) is 13.2. The van der Waals surface area contributed by atoms with E-state index in [-0.39, 0.29) is 0 Å². The molecule has 0 unspecified atom stereocenters. The molecule has 4 heteroatoms. The monoisotopic (exact) mass is 690 g/mol. The van der Waals surface area contributed by atoms with Crippen LogP contribution in [-0.2, 0) is 0 Å². The fourth-order valence-corrected chi connectivity index (χ4v) is 7.68. The van der Waals surface area contributed by atoms with Crippen LogP contribution in [0, 0.1) is 0 Å². The number of hydrogen-bond acceptors (Lipinski definition) is 3. The van der Waals surface area contributed by atoms with Crippen LogP contribution in [0.25, 0.3) is 72.2 Å². The van der Waals surface area contributed by atoms with Crippen LogP contribution in [0.4, 0.5) is 17.1 Å². The Balaban J connectivity index is 1.17. The van der Waals surface area contributed by atoms with Crippen LogP contribution in [0.5, 0.6) is 0 Å². The number of hydrogen-bond donors (Lipinski definition) is 0. The minimum absolute atomic E-state index is 0.859. The van der Waals surface area contributed by atoms with Crippen LogP contribution in [-0.4, -0.2) is 14.5 Å². The SMILES string of the molecule is c1ccc(-c2ccccc2N(c2ccc(-c3nc4ccccc4nc3-c3ccccc3)cc2)c2ccc3c(c2)c2ccccc2n3-c2ccccc2)cc1. The number of benzene rings is 8. The van der Waals surface area contributed by atoms with Crippen LogP contribution >= 0.6 is 0 Å². The molecule has 0 fully saturated rings. The Labute approximate surface area is 313 Å². The molecular formula is C50H34N4. The third-order valence-electron chi connectivity index (χ3n) is 10.2. The Hall–Kier alpha value is -7.30. The van der Waals surface area contributed by atoms with Gasteiger partial charge in [0.25, 0.3) is 0 Å². The van der Waals surface area contributed by atoms with Crippen molar-refractivity contribution in [1.82, 2.24) is 14.5 Å². The van der Waals surface area contributed by atoms with Gasteiger partial charge in [-0.15, -0.1) is 0 Å². The van der Waals surface area contributed by atoms with E-state index in [4.69, 9.17) is 9.97 Å². The van der Waals surface area contributed by atoms with Gasteiger partial charge >= 0.3 is 0 Å². The molecule has 0 spiro atoms. The molecule has 254 valence electrons. The maximum absolute atomic E-state index is 5.18. The summed E-state index contributed by atoms with van der Waals surface area (Å²) in [6, 6.07) is 72.7. The first-order chi connectivity index (χ1) is 26.8. The van der Waals surface area contributed by atoms with Crippen LogP contribution in [0.1, 0.15) is 0 Å². The van der Waals surface area contributed by atoms with Gasteiger partial charge in [-0.05, 0) is 72.3 Å². The van der Waals surface area contributed by atoms with E-state index in [0.717, 1.165) is 67.4 Å². The number of fused-ring (bicyclic) bond motifs is 4. The number of anilines is 3. The van der Waals surface area contributed by atoms with Gasteiger partial charge in [0.05, 0.1) is 39.1 Å². The molecule has 4 nitrogen and oxygen atoms in total. The second kappa shape index (κ2) is 13.4. The first-order valence-corrected chi connectivity index (χ1v) is 18.3. The lowest BCUT2D eigenvalue weighted by atomic mass is 10.0. The molecule has 2 heterocycles. The van der Waals surface area contributed by atoms with Crippen LogP contribution in [0.3, 0.4) is 0 Å². The summed E-state index contributed by atoms with van der Waals surface area (Å²) in [7, 11) is 0. The van der Waals surface area contributed by atoms with Crippen LogP contribution in [0.2, 0.25) is 0 Å². The van der Waals surface area contributed by atoms with Gasteiger partial charge in [0.2, 0.25) is 0 Å². The summed E-state index contributed by atoms with van der Waals surface area (Å²) in [6.07, 6.45) is 0. The van der Waals surface area contributed by atoms with Crippen LogP contribution in [0.15, 0.2) is 206 Å². The minimum atomic E-state index is 0.859. The third kappa shape index (κ3) is 5.49. The molecule has 0 saturated heterocycles. The predicted molar refractivity (Wildman–Crippen MR) is 225 cm³/mol. The van der Waals surface area contributed by atoms with Crippen LogP contribution < -0.4 is 4.90 Å². The topological polar surface area (TPSA) is 34.0 Å². The Morgan fingerprint density at radius 1 is 0.370 bits per heavy atom. The summed E-state index contributed by atoms with van der Waals surface area (Å²) in [5.41, 5.74) is 14.6. The lowest BCUT2D eigenvalue weighted by molar-refractivity contribution is 1.18. The van der Waals surface area contributed by atoms with Gasteiger partial charge in [-0.2, -0.15) is 0 Å². The average Bonchev–Trinajstić information content (AvgIpc) is 3.58. The molecule has 0 aliphatic heterocycles. The molecule has 0 aliphatic rings. The standard InChI is InChI=1S/C50H34N4/c1-4-16-35(17-5-1)41-22-10-14-26-46(41)53(40-32-33-48-43(34-40)42-23-11-15-27-47(42)54(48)38-20-8-3-9-21-38)39-30-28-37(29-31-39)50-49(36-18-6-2-7-19-36)51-44-24-12-13-25-45(44)52-50/h1-34H. The molecule has 8 aromatic carbocycles. The average molecular weight is 691 g/mol. The van der Waals surface area contributed by atoms with Crippen molar-refractivity contribution in [3.63, 3.8) is 0 Å². The van der Waals surface area contributed by atoms with E-state index in [1.54, 1.807) is 0 Å². The van der Waals surface area contributed by atoms with Crippen molar-refractivity contribution in [2.45, 2.75) is 0 Å². The molecule has 0 N–H and O–H groups in total. The molecule has 0 aliphatic carbocycles. The summed E-state index contributed by atoms with van der Waals surface area (Å²) >= 11 is 0. The van der Waals surface area contributed by atoms with E-state index in [1.165, 1.54) is 21.8 Å². The summed E-state index contributed by atoms with van der Waals surface area (Å²) in [6.45, 7) is 0. The number of nitrogens with zero attached hydrogens (tertiary/aromatic N) is 4. The molecule has 0 radical (unpaired) electrons. The fourth-order valence-electron chi connectivity index (χ4n) is 7.68. The molecule has 0 bridgehead atoms. The van der Waals surface area contributed by atoms with E-state index in [1.807, 2.05) is 30.3 Å². The van der Waals surface area contributed by atoms with Gasteiger partial charge in [-0.3, -0.25) is 0 Å². The molecule has 54 heavy (non-hydrogen) atoms. The van der Waals surface area contributed by atoms with Gasteiger partial charge in [-0.25, -0.2) is 9.97 Å². The van der Waals surface area contributed by atoms with Gasteiger partial charge in [0.1, 0.15) is 0 Å². The highest BCUT2D eigenvalue weighted by atomic mass is 15.1. The Morgan fingerprint density at radius 2 is 0.889 bits per heavy atom. The zero-order chi connectivity index (χ0) is 35.8. The van der Waals surface area contributed by atoms with Crippen molar-refractivity contribution < 1.29 is 0 Å². The maximum atomic E-state index is 5.18.